The molecule has 1 aromatic heterocycles. The summed E-state index contributed by atoms with van der Waals surface area (Å²) in [4.78, 5) is 16.3. The van der Waals surface area contributed by atoms with Gasteiger partial charge in [-0.05, 0) is 24.0 Å². The summed E-state index contributed by atoms with van der Waals surface area (Å²) in [5.41, 5.74) is 0.943. The third-order valence-electron chi connectivity index (χ3n) is 3.12. The number of imidazole rings is 1. The van der Waals surface area contributed by atoms with E-state index < -0.39 is 0 Å². The molecule has 0 spiro atoms. The Morgan fingerprint density at radius 2 is 2.33 bits per heavy atom. The second-order valence-corrected chi connectivity index (χ2v) is 5.47. The number of nitrogens with zero attached hydrogens (tertiary/aromatic N) is 2. The molecule has 112 valence electrons. The molecule has 0 saturated heterocycles. The summed E-state index contributed by atoms with van der Waals surface area (Å²) in [5, 5.41) is 3.03. The fraction of sp³-hybridized carbons (Fsp3) is 0.333. The van der Waals surface area contributed by atoms with Crippen LogP contribution in [-0.4, -0.2) is 34.6 Å². The number of thioether (sulfide) groups is 1. The van der Waals surface area contributed by atoms with Crippen molar-refractivity contribution in [2.75, 3.05) is 19.1 Å². The lowest BCUT2D eigenvalue weighted by Crippen LogP contribution is -2.32. The lowest BCUT2D eigenvalue weighted by atomic mass is 10.1. The third-order valence-corrected chi connectivity index (χ3v) is 3.68. The Morgan fingerprint density at radius 3 is 2.95 bits per heavy atom. The van der Waals surface area contributed by atoms with Crippen LogP contribution >= 0.6 is 11.8 Å². The Labute approximate surface area is 128 Å². The van der Waals surface area contributed by atoms with Crippen LogP contribution in [0.3, 0.4) is 0 Å². The zero-order valence-electron chi connectivity index (χ0n) is 12.4. The average molecular weight is 305 g/mol. The minimum atomic E-state index is -0.292. The monoisotopic (exact) mass is 305 g/mol. The molecule has 0 radical (unpaired) electrons. The number of ether oxygens (including phenoxy) is 1. The van der Waals surface area contributed by atoms with Gasteiger partial charge in [0.15, 0.2) is 0 Å². The minimum absolute atomic E-state index is 0.0154. The van der Waals surface area contributed by atoms with Crippen molar-refractivity contribution in [2.24, 2.45) is 7.05 Å². The number of methoxy groups -OCH3 is 1. The van der Waals surface area contributed by atoms with Gasteiger partial charge in [0.05, 0.1) is 12.9 Å². The molecule has 0 saturated carbocycles. The number of aryl methyl sites for hydroxylation is 1. The summed E-state index contributed by atoms with van der Waals surface area (Å²) in [6, 6.07) is 7.37. The quantitative estimate of drug-likeness (QED) is 0.887. The van der Waals surface area contributed by atoms with Crippen LogP contribution in [0.25, 0.3) is 0 Å². The second kappa shape index (κ2) is 7.17. The highest BCUT2D eigenvalue weighted by Crippen LogP contribution is 2.24. The molecule has 5 nitrogen and oxygen atoms in total. The predicted molar refractivity (Wildman–Crippen MR) is 84.6 cm³/mol. The van der Waals surface area contributed by atoms with Gasteiger partial charge in [-0.2, -0.15) is 11.8 Å². The fourth-order valence-corrected chi connectivity index (χ4v) is 2.45. The first-order valence-electron chi connectivity index (χ1n) is 6.55. The predicted octanol–water partition coefficient (Wildman–Crippen LogP) is 2.00. The Balaban J connectivity index is 2.35. The Morgan fingerprint density at radius 1 is 1.52 bits per heavy atom. The highest BCUT2D eigenvalue weighted by Gasteiger charge is 2.20. The number of aromatic nitrogens is 2. The Hall–Kier alpha value is -1.95. The van der Waals surface area contributed by atoms with Gasteiger partial charge in [-0.3, -0.25) is 4.79 Å². The van der Waals surface area contributed by atoms with Crippen LogP contribution in [0.15, 0.2) is 36.7 Å². The largest absolute Gasteiger partial charge is 0.497 e. The molecule has 0 aliphatic rings. The number of carbonyl (C=O) groups excluding carboxylic acids is 1. The summed E-state index contributed by atoms with van der Waals surface area (Å²) in [7, 11) is 3.54. The molecule has 1 unspecified atom stereocenters. The molecule has 2 rings (SSSR count). The first kappa shape index (κ1) is 15.4. The number of nitrogens with one attached hydrogen (secondary N) is 1. The van der Waals surface area contributed by atoms with Crippen molar-refractivity contribution in [1.82, 2.24) is 14.9 Å². The topological polar surface area (TPSA) is 56.1 Å². The van der Waals surface area contributed by atoms with E-state index in [1.807, 2.05) is 48.3 Å². The molecule has 1 amide bonds. The van der Waals surface area contributed by atoms with Crippen molar-refractivity contribution in [2.45, 2.75) is 6.04 Å². The zero-order chi connectivity index (χ0) is 15.2. The van der Waals surface area contributed by atoms with Gasteiger partial charge >= 0.3 is 0 Å². The van der Waals surface area contributed by atoms with Crippen molar-refractivity contribution >= 4 is 17.7 Å². The standard InChI is InChI=1S/C15H19N3O2S/c1-18-8-7-16-15(18)14(17-13(19)10-21-3)11-5-4-6-12(9-11)20-2/h4-9,14H,10H2,1-3H3,(H,17,19). The molecule has 1 aromatic carbocycles. The van der Waals surface area contributed by atoms with E-state index in [2.05, 4.69) is 10.3 Å². The van der Waals surface area contributed by atoms with Crippen LogP contribution < -0.4 is 10.1 Å². The van der Waals surface area contributed by atoms with Crippen molar-refractivity contribution < 1.29 is 9.53 Å². The number of hydrogen-bond acceptors (Lipinski definition) is 4. The summed E-state index contributed by atoms with van der Waals surface area (Å²) < 4.78 is 7.17. The summed E-state index contributed by atoms with van der Waals surface area (Å²) in [6.45, 7) is 0. The second-order valence-electron chi connectivity index (χ2n) is 4.61. The molecule has 2 aromatic rings. The first-order valence-corrected chi connectivity index (χ1v) is 7.94. The van der Waals surface area contributed by atoms with Gasteiger partial charge in [0.25, 0.3) is 0 Å². The summed E-state index contributed by atoms with van der Waals surface area (Å²) in [6.07, 6.45) is 5.49. The molecule has 0 fully saturated rings. The van der Waals surface area contributed by atoms with E-state index in [0.29, 0.717) is 5.75 Å². The van der Waals surface area contributed by atoms with E-state index in [1.165, 1.54) is 11.8 Å². The zero-order valence-corrected chi connectivity index (χ0v) is 13.2. The SMILES string of the molecule is COc1cccc(C(NC(=O)CSC)c2nccn2C)c1. The van der Waals surface area contributed by atoms with Gasteiger partial charge in [-0.25, -0.2) is 4.98 Å². The first-order chi connectivity index (χ1) is 10.2. The van der Waals surface area contributed by atoms with Crippen LogP contribution in [0.5, 0.6) is 5.75 Å². The van der Waals surface area contributed by atoms with Crippen molar-refractivity contribution in [1.29, 1.82) is 0 Å². The lowest BCUT2D eigenvalue weighted by molar-refractivity contribution is -0.119. The molecule has 1 heterocycles. The number of benzene rings is 1. The molecule has 1 N–H and O–H groups in total. The lowest BCUT2D eigenvalue weighted by Gasteiger charge is -2.19. The molecular weight excluding hydrogens is 286 g/mol. The van der Waals surface area contributed by atoms with E-state index in [0.717, 1.165) is 17.1 Å². The molecule has 6 heteroatoms. The molecular formula is C15H19N3O2S. The van der Waals surface area contributed by atoms with Crippen molar-refractivity contribution in [3.63, 3.8) is 0 Å². The van der Waals surface area contributed by atoms with E-state index in [4.69, 9.17) is 4.74 Å². The average Bonchev–Trinajstić information content (AvgIpc) is 2.91. The van der Waals surface area contributed by atoms with Crippen LogP contribution in [0.1, 0.15) is 17.4 Å². The molecule has 0 aliphatic carbocycles. The molecule has 0 aliphatic heterocycles. The minimum Gasteiger partial charge on any atom is -0.497 e. The van der Waals surface area contributed by atoms with E-state index in [1.54, 1.807) is 13.3 Å². The van der Waals surface area contributed by atoms with Gasteiger partial charge < -0.3 is 14.6 Å². The van der Waals surface area contributed by atoms with Gasteiger partial charge in [0.2, 0.25) is 5.91 Å². The number of hydrogen-bond donors (Lipinski definition) is 1. The third kappa shape index (κ3) is 3.78. The fourth-order valence-electron chi connectivity index (χ4n) is 2.11. The van der Waals surface area contributed by atoms with Crippen LogP contribution in [-0.2, 0) is 11.8 Å². The summed E-state index contributed by atoms with van der Waals surface area (Å²) in [5.74, 6) is 1.95. The highest BCUT2D eigenvalue weighted by atomic mass is 32.2. The number of rotatable bonds is 6. The maximum absolute atomic E-state index is 12.0. The van der Waals surface area contributed by atoms with Crippen molar-refractivity contribution in [3.05, 3.63) is 48.0 Å². The Bertz CT molecular complexity index is 612. The highest BCUT2D eigenvalue weighted by molar-refractivity contribution is 7.99. The maximum Gasteiger partial charge on any atom is 0.230 e. The van der Waals surface area contributed by atoms with Crippen LogP contribution in [0, 0.1) is 0 Å². The van der Waals surface area contributed by atoms with Crippen molar-refractivity contribution in [3.8, 4) is 5.75 Å². The van der Waals surface area contributed by atoms with Crippen LogP contribution in [0.4, 0.5) is 0 Å². The molecule has 1 atom stereocenters. The smallest absolute Gasteiger partial charge is 0.230 e. The molecule has 0 bridgehead atoms. The Kier molecular flexibility index (Phi) is 5.27. The summed E-state index contributed by atoms with van der Waals surface area (Å²) >= 11 is 1.49. The number of carbonyl (C=O) groups is 1. The maximum atomic E-state index is 12.0. The van der Waals surface area contributed by atoms with Crippen LogP contribution in [0.2, 0.25) is 0 Å². The van der Waals surface area contributed by atoms with E-state index in [-0.39, 0.29) is 11.9 Å². The number of amides is 1. The van der Waals surface area contributed by atoms with Gasteiger partial charge in [0, 0.05) is 19.4 Å². The van der Waals surface area contributed by atoms with Gasteiger partial charge in [0.1, 0.15) is 17.6 Å². The normalized spacial score (nSPS) is 12.0. The van der Waals surface area contributed by atoms with E-state index in [9.17, 15) is 4.79 Å². The molecule has 21 heavy (non-hydrogen) atoms. The van der Waals surface area contributed by atoms with E-state index >= 15 is 0 Å². The van der Waals surface area contributed by atoms with Gasteiger partial charge in [-0.1, -0.05) is 12.1 Å². The van der Waals surface area contributed by atoms with Gasteiger partial charge in [-0.15, -0.1) is 0 Å².